The highest BCUT2D eigenvalue weighted by Gasteiger charge is 2.40. The molecule has 1 saturated heterocycles. The monoisotopic (exact) mass is 361 g/mol. The summed E-state index contributed by atoms with van der Waals surface area (Å²) in [5, 5.41) is 20.5. The molecule has 0 aromatic heterocycles. The first kappa shape index (κ1) is 19.4. The predicted octanol–water partition coefficient (Wildman–Crippen LogP) is 4.46. The molecule has 0 spiro atoms. The first-order chi connectivity index (χ1) is 11.5. The molecular weight excluding hydrogens is 334 g/mol. The van der Waals surface area contributed by atoms with Crippen LogP contribution in [0.15, 0.2) is 18.2 Å². The highest BCUT2D eigenvalue weighted by molar-refractivity contribution is 6.74. The van der Waals surface area contributed by atoms with Gasteiger partial charge >= 0.3 is 0 Å². The first-order valence-electron chi connectivity index (χ1n) is 8.66. The van der Waals surface area contributed by atoms with Crippen LogP contribution in [0.2, 0.25) is 18.1 Å². The Hall–Kier alpha value is -1.91. The van der Waals surface area contributed by atoms with Gasteiger partial charge in [0.2, 0.25) is 0 Å². The number of piperidine rings is 1. The van der Waals surface area contributed by atoms with Crippen LogP contribution in [0, 0.1) is 21.4 Å². The van der Waals surface area contributed by atoms with Gasteiger partial charge in [0.15, 0.2) is 8.32 Å². The Balaban J connectivity index is 2.08. The van der Waals surface area contributed by atoms with Crippen molar-refractivity contribution in [2.24, 2.45) is 0 Å². The third-order valence-electron chi connectivity index (χ3n) is 5.35. The molecule has 1 heterocycles. The van der Waals surface area contributed by atoms with E-state index in [0.29, 0.717) is 11.3 Å². The Morgan fingerprint density at radius 2 is 1.92 bits per heavy atom. The molecule has 1 fully saturated rings. The molecule has 0 radical (unpaired) electrons. The number of rotatable bonds is 4. The van der Waals surface area contributed by atoms with E-state index >= 15 is 0 Å². The van der Waals surface area contributed by atoms with E-state index in [-0.39, 0.29) is 16.8 Å². The standard InChI is InChI=1S/C18H27N3O3Si/c1-18(2,3)25(4,5)24-15-8-10-20(11-9-15)16-7-6-14(13-19)12-17(16)21(22)23/h6-7,12,15H,8-11H2,1-5H3. The lowest BCUT2D eigenvalue weighted by Gasteiger charge is -2.42. The van der Waals surface area contributed by atoms with Crippen LogP contribution in [0.25, 0.3) is 0 Å². The molecule has 1 aliphatic heterocycles. The van der Waals surface area contributed by atoms with Gasteiger partial charge in [-0.3, -0.25) is 10.1 Å². The number of nitriles is 1. The van der Waals surface area contributed by atoms with E-state index in [4.69, 9.17) is 9.69 Å². The lowest BCUT2D eigenvalue weighted by Crippen LogP contribution is -2.47. The van der Waals surface area contributed by atoms with Gasteiger partial charge < -0.3 is 9.33 Å². The summed E-state index contributed by atoms with van der Waals surface area (Å²) in [7, 11) is -1.80. The molecule has 0 saturated carbocycles. The fourth-order valence-corrected chi connectivity index (χ4v) is 4.24. The van der Waals surface area contributed by atoms with E-state index in [2.05, 4.69) is 33.9 Å². The van der Waals surface area contributed by atoms with Gasteiger partial charge in [0.05, 0.1) is 16.6 Å². The Bertz CT molecular complexity index is 684. The Morgan fingerprint density at radius 1 is 1.32 bits per heavy atom. The second-order valence-corrected chi connectivity index (χ2v) is 12.9. The molecule has 7 heteroatoms. The predicted molar refractivity (Wildman–Crippen MR) is 101 cm³/mol. The van der Waals surface area contributed by atoms with Crippen LogP contribution in [0.4, 0.5) is 11.4 Å². The van der Waals surface area contributed by atoms with Crippen LogP contribution >= 0.6 is 0 Å². The summed E-state index contributed by atoms with van der Waals surface area (Å²) in [5.74, 6) is 0. The minimum atomic E-state index is -1.80. The van der Waals surface area contributed by atoms with Crippen molar-refractivity contribution in [2.45, 2.75) is 57.8 Å². The zero-order valence-electron chi connectivity index (χ0n) is 15.7. The zero-order valence-corrected chi connectivity index (χ0v) is 16.7. The van der Waals surface area contributed by atoms with Crippen LogP contribution < -0.4 is 4.90 Å². The Labute approximate surface area is 150 Å². The average Bonchev–Trinajstić information content (AvgIpc) is 2.53. The van der Waals surface area contributed by atoms with Crippen molar-refractivity contribution < 1.29 is 9.35 Å². The number of nitro groups is 1. The van der Waals surface area contributed by atoms with Crippen molar-refractivity contribution in [3.8, 4) is 6.07 Å². The van der Waals surface area contributed by atoms with Gasteiger partial charge in [0, 0.05) is 25.3 Å². The third kappa shape index (κ3) is 4.38. The lowest BCUT2D eigenvalue weighted by atomic mass is 10.1. The summed E-state index contributed by atoms with van der Waals surface area (Å²) in [6.45, 7) is 12.7. The van der Waals surface area contributed by atoms with E-state index in [1.54, 1.807) is 12.1 Å². The van der Waals surface area contributed by atoms with Gasteiger partial charge in [0.1, 0.15) is 5.69 Å². The summed E-state index contributed by atoms with van der Waals surface area (Å²) >= 11 is 0. The first-order valence-corrected chi connectivity index (χ1v) is 11.6. The summed E-state index contributed by atoms with van der Waals surface area (Å²) in [4.78, 5) is 13.0. The summed E-state index contributed by atoms with van der Waals surface area (Å²) in [6, 6.07) is 6.64. The fraction of sp³-hybridized carbons (Fsp3) is 0.611. The molecule has 1 aromatic rings. The molecule has 6 nitrogen and oxygen atoms in total. The number of anilines is 1. The fourth-order valence-electron chi connectivity index (χ4n) is 2.81. The van der Waals surface area contributed by atoms with E-state index in [9.17, 15) is 10.1 Å². The topological polar surface area (TPSA) is 79.4 Å². The number of hydrogen-bond donors (Lipinski definition) is 0. The average molecular weight is 362 g/mol. The van der Waals surface area contributed by atoms with Gasteiger partial charge in [-0.25, -0.2) is 0 Å². The minimum absolute atomic E-state index is 0.00261. The van der Waals surface area contributed by atoms with Crippen molar-refractivity contribution in [1.82, 2.24) is 0 Å². The molecule has 0 N–H and O–H groups in total. The molecule has 0 atom stereocenters. The van der Waals surface area contributed by atoms with Gasteiger partial charge in [-0.1, -0.05) is 20.8 Å². The molecule has 0 unspecified atom stereocenters. The van der Waals surface area contributed by atoms with Gasteiger partial charge in [0.25, 0.3) is 5.69 Å². The summed E-state index contributed by atoms with van der Waals surface area (Å²) in [5.41, 5.74) is 0.907. The largest absolute Gasteiger partial charge is 0.414 e. The molecule has 1 aliphatic rings. The number of benzene rings is 1. The molecular formula is C18H27N3O3Si. The lowest BCUT2D eigenvalue weighted by molar-refractivity contribution is -0.384. The van der Waals surface area contributed by atoms with Crippen molar-refractivity contribution >= 4 is 19.7 Å². The minimum Gasteiger partial charge on any atom is -0.414 e. The number of nitrogens with zero attached hydrogens (tertiary/aromatic N) is 3. The second kappa shape index (κ2) is 7.14. The van der Waals surface area contributed by atoms with Gasteiger partial charge in [-0.05, 0) is 43.1 Å². The van der Waals surface area contributed by atoms with Crippen LogP contribution in [0.3, 0.4) is 0 Å². The molecule has 0 bridgehead atoms. The maximum absolute atomic E-state index is 11.3. The smallest absolute Gasteiger partial charge is 0.293 e. The normalized spacial score (nSPS) is 16.6. The molecule has 136 valence electrons. The van der Waals surface area contributed by atoms with Crippen molar-refractivity contribution in [3.05, 3.63) is 33.9 Å². The Morgan fingerprint density at radius 3 is 2.40 bits per heavy atom. The van der Waals surface area contributed by atoms with Gasteiger partial charge in [-0.2, -0.15) is 5.26 Å². The highest BCUT2D eigenvalue weighted by Crippen LogP contribution is 2.39. The van der Waals surface area contributed by atoms with E-state index < -0.39 is 13.2 Å². The molecule has 2 rings (SSSR count). The maximum atomic E-state index is 11.3. The van der Waals surface area contributed by atoms with Crippen molar-refractivity contribution in [2.75, 3.05) is 18.0 Å². The highest BCUT2D eigenvalue weighted by atomic mass is 28.4. The molecule has 0 aliphatic carbocycles. The third-order valence-corrected chi connectivity index (χ3v) is 9.89. The summed E-state index contributed by atoms with van der Waals surface area (Å²) < 4.78 is 6.48. The molecule has 1 aromatic carbocycles. The van der Waals surface area contributed by atoms with E-state index in [0.717, 1.165) is 25.9 Å². The van der Waals surface area contributed by atoms with E-state index in [1.165, 1.54) is 6.07 Å². The summed E-state index contributed by atoms with van der Waals surface area (Å²) in [6.07, 6.45) is 1.95. The maximum Gasteiger partial charge on any atom is 0.293 e. The van der Waals surface area contributed by atoms with Gasteiger partial charge in [-0.15, -0.1) is 0 Å². The number of hydrogen-bond acceptors (Lipinski definition) is 5. The van der Waals surface area contributed by atoms with Crippen LogP contribution in [0.5, 0.6) is 0 Å². The van der Waals surface area contributed by atoms with Crippen LogP contribution in [0.1, 0.15) is 39.2 Å². The molecule has 0 amide bonds. The second-order valence-electron chi connectivity index (χ2n) is 8.14. The van der Waals surface area contributed by atoms with Crippen LogP contribution in [-0.4, -0.2) is 32.4 Å². The van der Waals surface area contributed by atoms with Crippen molar-refractivity contribution in [3.63, 3.8) is 0 Å². The SMILES string of the molecule is CC(C)(C)[Si](C)(C)OC1CCN(c2ccc(C#N)cc2[N+](=O)[O-])CC1. The quantitative estimate of drug-likeness (QED) is 0.449. The Kier molecular flexibility index (Phi) is 5.54. The number of nitro benzene ring substituents is 1. The van der Waals surface area contributed by atoms with Crippen molar-refractivity contribution in [1.29, 1.82) is 5.26 Å². The van der Waals surface area contributed by atoms with Crippen LogP contribution in [-0.2, 0) is 4.43 Å². The zero-order chi connectivity index (χ0) is 18.8. The van der Waals surface area contributed by atoms with E-state index in [1.807, 2.05) is 11.0 Å². The molecule has 25 heavy (non-hydrogen) atoms.